The van der Waals surface area contributed by atoms with Crippen LogP contribution in [0.3, 0.4) is 0 Å². The first-order valence-electron chi connectivity index (χ1n) is 7.44. The number of ether oxygens (including phenoxy) is 1. The van der Waals surface area contributed by atoms with Crippen molar-refractivity contribution < 1.29 is 9.16 Å². The summed E-state index contributed by atoms with van der Waals surface area (Å²) >= 11 is 0. The van der Waals surface area contributed by atoms with Gasteiger partial charge in [-0.2, -0.15) is 0 Å². The molecule has 0 fully saturated rings. The van der Waals surface area contributed by atoms with E-state index in [0.717, 1.165) is 16.9 Å². The second-order valence-corrected chi connectivity index (χ2v) is 5.96. The minimum absolute atomic E-state index is 0.129. The Kier molecular flexibility index (Phi) is 11.6. The number of unbranched alkanes of at least 4 members (excludes halogenated alkanes) is 7. The van der Waals surface area contributed by atoms with Crippen molar-refractivity contribution >= 4 is 10.5 Å². The van der Waals surface area contributed by atoms with Crippen LogP contribution in [-0.2, 0) is 9.16 Å². The highest BCUT2D eigenvalue weighted by atomic mass is 28.2. The van der Waals surface area contributed by atoms with Crippen LogP contribution < -0.4 is 0 Å². The molecule has 0 aromatic carbocycles. The zero-order valence-electron chi connectivity index (χ0n) is 12.8. The smallest absolute Gasteiger partial charge is 0.146 e. The SMILES string of the molecule is CCCCCCCCCC=COCC(C)(C)O[SiH3]. The number of allylic oxidation sites excluding steroid dienone is 1. The molecule has 0 amide bonds. The lowest BCUT2D eigenvalue weighted by atomic mass is 10.1. The Balaban J connectivity index is 3.23. The van der Waals surface area contributed by atoms with Crippen molar-refractivity contribution in [2.75, 3.05) is 6.61 Å². The summed E-state index contributed by atoms with van der Waals surface area (Å²) in [7, 11) is 0.764. The molecule has 0 N–H and O–H groups in total. The van der Waals surface area contributed by atoms with E-state index in [1.54, 1.807) is 0 Å². The van der Waals surface area contributed by atoms with Gasteiger partial charge in [-0.1, -0.05) is 45.4 Å². The molecule has 0 unspecified atom stereocenters. The lowest BCUT2D eigenvalue weighted by Gasteiger charge is -2.22. The van der Waals surface area contributed by atoms with Crippen LogP contribution in [0.4, 0.5) is 0 Å². The Morgan fingerprint density at radius 1 is 1.00 bits per heavy atom. The van der Waals surface area contributed by atoms with E-state index in [1.807, 2.05) is 6.26 Å². The van der Waals surface area contributed by atoms with Gasteiger partial charge in [-0.25, -0.2) is 0 Å². The van der Waals surface area contributed by atoms with Gasteiger partial charge in [0.05, 0.1) is 11.9 Å². The fourth-order valence-corrected chi connectivity index (χ4v) is 1.78. The van der Waals surface area contributed by atoms with E-state index in [2.05, 4.69) is 26.8 Å². The van der Waals surface area contributed by atoms with Crippen LogP contribution in [0.25, 0.3) is 0 Å². The molecule has 0 spiro atoms. The van der Waals surface area contributed by atoms with Crippen molar-refractivity contribution in [1.82, 2.24) is 0 Å². The third-order valence-corrected chi connectivity index (χ3v) is 4.26. The Bertz CT molecular complexity index is 203. The molecule has 0 aromatic heterocycles. The number of hydrogen-bond donors (Lipinski definition) is 0. The van der Waals surface area contributed by atoms with E-state index in [0.29, 0.717) is 6.61 Å². The summed E-state index contributed by atoms with van der Waals surface area (Å²) in [6.07, 6.45) is 14.7. The van der Waals surface area contributed by atoms with Gasteiger partial charge in [0.15, 0.2) is 0 Å². The summed E-state index contributed by atoms with van der Waals surface area (Å²) in [6.45, 7) is 7.02. The molecular weight excluding hydrogens is 240 g/mol. The van der Waals surface area contributed by atoms with Gasteiger partial charge >= 0.3 is 0 Å². The van der Waals surface area contributed by atoms with Crippen molar-refractivity contribution in [3.63, 3.8) is 0 Å². The maximum atomic E-state index is 5.47. The molecule has 0 bridgehead atoms. The number of hydrogen-bond acceptors (Lipinski definition) is 2. The number of rotatable bonds is 12. The van der Waals surface area contributed by atoms with Gasteiger partial charge in [0.25, 0.3) is 0 Å². The Hall–Kier alpha value is -0.283. The highest BCUT2D eigenvalue weighted by Gasteiger charge is 2.14. The van der Waals surface area contributed by atoms with Gasteiger partial charge in [0.1, 0.15) is 17.1 Å². The molecule has 3 heteroatoms. The maximum Gasteiger partial charge on any atom is 0.146 e. The predicted molar refractivity (Wildman–Crippen MR) is 82.8 cm³/mol. The van der Waals surface area contributed by atoms with Crippen LogP contribution in [0.2, 0.25) is 0 Å². The lowest BCUT2D eigenvalue weighted by Crippen LogP contribution is -2.28. The van der Waals surface area contributed by atoms with Crippen molar-refractivity contribution in [1.29, 1.82) is 0 Å². The van der Waals surface area contributed by atoms with Gasteiger partial charge in [-0.15, -0.1) is 0 Å². The van der Waals surface area contributed by atoms with E-state index < -0.39 is 0 Å². The van der Waals surface area contributed by atoms with E-state index in [4.69, 9.17) is 9.16 Å². The van der Waals surface area contributed by atoms with Crippen LogP contribution in [0.15, 0.2) is 12.3 Å². The first-order valence-corrected chi connectivity index (χ1v) is 8.26. The summed E-state index contributed by atoms with van der Waals surface area (Å²) in [6, 6.07) is 0. The minimum Gasteiger partial charge on any atom is -0.499 e. The normalized spacial score (nSPS) is 12.4. The highest BCUT2D eigenvalue weighted by molar-refractivity contribution is 5.98. The summed E-state index contributed by atoms with van der Waals surface area (Å²) < 4.78 is 10.9. The Labute approximate surface area is 117 Å². The standard InChI is InChI=1S/C15H32O2Si/c1-4-5-6-7-8-9-10-11-12-13-16-14-15(2,3)17-18/h12-13H,4-11,14H2,1-3,18H3. The average molecular weight is 273 g/mol. The monoisotopic (exact) mass is 272 g/mol. The van der Waals surface area contributed by atoms with E-state index >= 15 is 0 Å². The predicted octanol–water partition coefficient (Wildman–Crippen LogP) is 3.73. The Morgan fingerprint density at radius 2 is 1.61 bits per heavy atom. The fourth-order valence-electron chi connectivity index (χ4n) is 1.66. The minimum atomic E-state index is -0.129. The first-order chi connectivity index (χ1) is 8.62. The average Bonchev–Trinajstić information content (AvgIpc) is 2.36. The van der Waals surface area contributed by atoms with Crippen molar-refractivity contribution in [3.8, 4) is 0 Å². The van der Waals surface area contributed by atoms with E-state index in [-0.39, 0.29) is 5.60 Å². The molecule has 0 rings (SSSR count). The molecule has 2 nitrogen and oxygen atoms in total. The van der Waals surface area contributed by atoms with Crippen LogP contribution in [0.5, 0.6) is 0 Å². The van der Waals surface area contributed by atoms with Crippen LogP contribution in [-0.4, -0.2) is 22.7 Å². The molecule has 0 atom stereocenters. The summed E-state index contributed by atoms with van der Waals surface area (Å²) in [5.74, 6) is 0. The lowest BCUT2D eigenvalue weighted by molar-refractivity contribution is 0.0404. The molecule has 108 valence electrons. The molecule has 0 heterocycles. The summed E-state index contributed by atoms with van der Waals surface area (Å²) in [5, 5.41) is 0. The highest BCUT2D eigenvalue weighted by Crippen LogP contribution is 2.09. The van der Waals surface area contributed by atoms with E-state index in [9.17, 15) is 0 Å². The molecule has 0 saturated carbocycles. The molecule has 0 radical (unpaired) electrons. The molecular formula is C15H32O2Si. The maximum absolute atomic E-state index is 5.47. The fraction of sp³-hybridized carbons (Fsp3) is 0.867. The third-order valence-electron chi connectivity index (χ3n) is 3.15. The molecule has 0 aliphatic carbocycles. The Morgan fingerprint density at radius 3 is 2.22 bits per heavy atom. The van der Waals surface area contributed by atoms with E-state index in [1.165, 1.54) is 44.9 Å². The van der Waals surface area contributed by atoms with Crippen LogP contribution in [0.1, 0.15) is 72.1 Å². The molecule has 18 heavy (non-hydrogen) atoms. The van der Waals surface area contributed by atoms with Gasteiger partial charge in [0.2, 0.25) is 0 Å². The van der Waals surface area contributed by atoms with Crippen LogP contribution in [0, 0.1) is 0 Å². The zero-order valence-corrected chi connectivity index (χ0v) is 14.8. The van der Waals surface area contributed by atoms with Gasteiger partial charge in [0, 0.05) is 0 Å². The van der Waals surface area contributed by atoms with Crippen LogP contribution >= 0.6 is 0 Å². The first kappa shape index (κ1) is 17.7. The van der Waals surface area contributed by atoms with Gasteiger partial charge < -0.3 is 9.16 Å². The quantitative estimate of drug-likeness (QED) is 0.306. The summed E-state index contributed by atoms with van der Waals surface area (Å²) in [4.78, 5) is 0. The summed E-state index contributed by atoms with van der Waals surface area (Å²) in [5.41, 5.74) is -0.129. The van der Waals surface area contributed by atoms with Gasteiger partial charge in [-0.05, 0) is 32.8 Å². The molecule has 0 aromatic rings. The largest absolute Gasteiger partial charge is 0.499 e. The zero-order chi connectivity index (χ0) is 13.7. The molecule has 0 saturated heterocycles. The van der Waals surface area contributed by atoms with Crippen molar-refractivity contribution in [3.05, 3.63) is 12.3 Å². The second-order valence-electron chi connectivity index (χ2n) is 5.56. The second kappa shape index (κ2) is 11.8. The third kappa shape index (κ3) is 12.2. The van der Waals surface area contributed by atoms with Crippen molar-refractivity contribution in [2.24, 2.45) is 0 Å². The molecule has 0 aliphatic rings. The van der Waals surface area contributed by atoms with Crippen molar-refractivity contribution in [2.45, 2.75) is 77.7 Å². The van der Waals surface area contributed by atoms with Gasteiger partial charge in [-0.3, -0.25) is 0 Å². The topological polar surface area (TPSA) is 18.5 Å². The molecule has 0 aliphatic heterocycles.